The largest absolute Gasteiger partial charge is 0.444 e. The van der Waals surface area contributed by atoms with E-state index in [0.717, 1.165) is 0 Å². The van der Waals surface area contributed by atoms with Gasteiger partial charge in [-0.3, -0.25) is 4.90 Å². The van der Waals surface area contributed by atoms with Gasteiger partial charge in [0.15, 0.2) is 0 Å². The van der Waals surface area contributed by atoms with Gasteiger partial charge in [-0.2, -0.15) is 0 Å². The second-order valence-corrected chi connectivity index (χ2v) is 9.63. The van der Waals surface area contributed by atoms with E-state index in [0.29, 0.717) is 0 Å². The zero-order chi connectivity index (χ0) is 22.0. The first kappa shape index (κ1) is 19.1. The van der Waals surface area contributed by atoms with E-state index >= 15 is 0 Å². The molecule has 0 aromatic heterocycles. The molecule has 2 heterocycles. The highest BCUT2D eigenvalue weighted by molar-refractivity contribution is 6.16. The summed E-state index contributed by atoms with van der Waals surface area (Å²) in [4.78, 5) is 15.4. The summed E-state index contributed by atoms with van der Waals surface area (Å²) in [6, 6.07) is 29.3. The molecule has 6 rings (SSSR count). The lowest BCUT2D eigenvalue weighted by Gasteiger charge is -2.34. The van der Waals surface area contributed by atoms with Crippen molar-refractivity contribution in [3.63, 3.8) is 0 Å². The lowest BCUT2D eigenvalue weighted by atomic mass is 9.67. The molecular weight excluding hydrogens is 394 g/mol. The molecule has 0 spiro atoms. The minimum Gasteiger partial charge on any atom is -0.444 e. The van der Waals surface area contributed by atoms with Crippen LogP contribution >= 0.6 is 0 Å². The SMILES string of the molecule is CC(C)(C)OC(=O)N1C2C3=C(C(c4ccccc4)=C3c3ccccc3)C1c1ccccc12. The van der Waals surface area contributed by atoms with E-state index < -0.39 is 5.60 Å². The van der Waals surface area contributed by atoms with Gasteiger partial charge in [-0.25, -0.2) is 4.79 Å². The number of carbonyl (C=O) groups excluding carboxylic acids is 1. The fraction of sp³-hybridized carbons (Fsp3) is 0.207. The topological polar surface area (TPSA) is 29.5 Å². The van der Waals surface area contributed by atoms with Gasteiger partial charge in [0.2, 0.25) is 0 Å². The average Bonchev–Trinajstić information content (AvgIpc) is 3.22. The summed E-state index contributed by atoms with van der Waals surface area (Å²) in [7, 11) is 0. The Kier molecular flexibility index (Phi) is 4.00. The van der Waals surface area contributed by atoms with Gasteiger partial charge >= 0.3 is 6.09 Å². The minimum absolute atomic E-state index is 0.108. The summed E-state index contributed by atoms with van der Waals surface area (Å²) in [5.74, 6) is 0. The molecule has 1 aliphatic carbocycles. The van der Waals surface area contributed by atoms with Crippen LogP contribution in [0.2, 0.25) is 0 Å². The van der Waals surface area contributed by atoms with Crippen molar-refractivity contribution >= 4 is 17.2 Å². The molecule has 2 unspecified atom stereocenters. The van der Waals surface area contributed by atoms with Crippen LogP contribution in [0.3, 0.4) is 0 Å². The van der Waals surface area contributed by atoms with Gasteiger partial charge in [0.1, 0.15) is 5.60 Å². The maximum atomic E-state index is 13.5. The Labute approximate surface area is 188 Å². The fourth-order valence-corrected chi connectivity index (χ4v) is 5.43. The summed E-state index contributed by atoms with van der Waals surface area (Å²) in [6.45, 7) is 5.77. The first-order chi connectivity index (χ1) is 15.5. The van der Waals surface area contributed by atoms with E-state index in [9.17, 15) is 4.79 Å². The van der Waals surface area contributed by atoms with Crippen LogP contribution < -0.4 is 0 Å². The molecule has 0 saturated heterocycles. The van der Waals surface area contributed by atoms with E-state index in [4.69, 9.17) is 4.74 Å². The molecule has 3 nitrogen and oxygen atoms in total. The van der Waals surface area contributed by atoms with Gasteiger partial charge in [0, 0.05) is 0 Å². The van der Waals surface area contributed by atoms with Gasteiger partial charge in [0.05, 0.1) is 12.1 Å². The molecule has 2 atom stereocenters. The van der Waals surface area contributed by atoms with Crippen LogP contribution in [0.1, 0.15) is 55.1 Å². The maximum absolute atomic E-state index is 13.5. The summed E-state index contributed by atoms with van der Waals surface area (Å²) in [5, 5.41) is 0. The number of rotatable bonds is 2. The first-order valence-corrected chi connectivity index (χ1v) is 11.2. The zero-order valence-electron chi connectivity index (χ0n) is 18.5. The summed E-state index contributed by atoms with van der Waals surface area (Å²) >= 11 is 0. The summed E-state index contributed by atoms with van der Waals surface area (Å²) in [6.07, 6.45) is -0.252. The zero-order valence-corrected chi connectivity index (χ0v) is 18.5. The molecule has 3 aromatic carbocycles. The predicted octanol–water partition coefficient (Wildman–Crippen LogP) is 6.95. The van der Waals surface area contributed by atoms with Gasteiger partial charge in [-0.05, 0) is 65.3 Å². The van der Waals surface area contributed by atoms with Crippen molar-refractivity contribution in [2.24, 2.45) is 0 Å². The van der Waals surface area contributed by atoms with Crippen molar-refractivity contribution in [3.05, 3.63) is 118 Å². The highest BCUT2D eigenvalue weighted by Gasteiger charge is 2.58. The van der Waals surface area contributed by atoms with Crippen LogP contribution in [0, 0.1) is 0 Å². The fourth-order valence-electron chi connectivity index (χ4n) is 5.43. The third-order valence-electron chi connectivity index (χ3n) is 6.50. The van der Waals surface area contributed by atoms with E-state index in [1.54, 1.807) is 0 Å². The van der Waals surface area contributed by atoms with Crippen molar-refractivity contribution in [2.45, 2.75) is 38.5 Å². The molecule has 158 valence electrons. The highest BCUT2D eigenvalue weighted by atomic mass is 16.6. The lowest BCUT2D eigenvalue weighted by molar-refractivity contribution is 0.0191. The van der Waals surface area contributed by atoms with E-state index in [1.165, 1.54) is 44.5 Å². The molecule has 3 heteroatoms. The first-order valence-electron chi connectivity index (χ1n) is 11.2. The number of benzene rings is 3. The van der Waals surface area contributed by atoms with Gasteiger partial charge in [0.25, 0.3) is 0 Å². The molecular formula is C29H25NO2. The van der Waals surface area contributed by atoms with Crippen LogP contribution in [0.4, 0.5) is 4.79 Å². The third kappa shape index (κ3) is 2.64. The molecule has 1 amide bonds. The molecule has 0 saturated carbocycles. The van der Waals surface area contributed by atoms with Crippen molar-refractivity contribution in [1.82, 2.24) is 4.90 Å². The number of nitrogens with zero attached hydrogens (tertiary/aromatic N) is 1. The summed E-state index contributed by atoms with van der Waals surface area (Å²) in [5.41, 5.74) is 9.31. The average molecular weight is 420 g/mol. The molecule has 0 fully saturated rings. The third-order valence-corrected chi connectivity index (χ3v) is 6.50. The Morgan fingerprint density at radius 3 is 1.50 bits per heavy atom. The second-order valence-electron chi connectivity index (χ2n) is 9.63. The number of amides is 1. The van der Waals surface area contributed by atoms with Gasteiger partial charge < -0.3 is 4.74 Å². The van der Waals surface area contributed by atoms with Crippen LogP contribution in [0.5, 0.6) is 0 Å². The number of hydrogen-bond acceptors (Lipinski definition) is 2. The molecule has 3 aliphatic rings. The Bertz CT molecular complexity index is 1210. The Balaban J connectivity index is 1.53. The molecule has 0 N–H and O–H groups in total. The standard InChI is InChI=1S/C29H25NO2/c1-29(2,3)32-28(31)30-26-20-16-10-11-17-21(20)27(30)25-23(19-14-8-5-9-15-19)22(24(25)26)18-12-6-4-7-13-18/h4-17,26-27H,1-3H3. The number of hydrogen-bond donors (Lipinski definition) is 0. The maximum Gasteiger partial charge on any atom is 0.411 e. The molecule has 0 radical (unpaired) electrons. The Hall–Kier alpha value is -3.59. The molecule has 2 bridgehead atoms. The van der Waals surface area contributed by atoms with Crippen molar-refractivity contribution in [2.75, 3.05) is 0 Å². The summed E-state index contributed by atoms with van der Waals surface area (Å²) < 4.78 is 5.88. The monoisotopic (exact) mass is 419 g/mol. The minimum atomic E-state index is -0.544. The van der Waals surface area contributed by atoms with Crippen molar-refractivity contribution in [3.8, 4) is 0 Å². The quantitative estimate of drug-likeness (QED) is 0.450. The van der Waals surface area contributed by atoms with Crippen LogP contribution in [0.25, 0.3) is 11.1 Å². The van der Waals surface area contributed by atoms with E-state index in [2.05, 4.69) is 72.8 Å². The molecule has 32 heavy (non-hydrogen) atoms. The number of carbonyl (C=O) groups is 1. The van der Waals surface area contributed by atoms with Crippen LogP contribution in [-0.2, 0) is 4.74 Å². The highest BCUT2D eigenvalue weighted by Crippen LogP contribution is 2.68. The van der Waals surface area contributed by atoms with E-state index in [-0.39, 0.29) is 18.2 Å². The predicted molar refractivity (Wildman–Crippen MR) is 127 cm³/mol. The van der Waals surface area contributed by atoms with Gasteiger partial charge in [-0.15, -0.1) is 0 Å². The lowest BCUT2D eigenvalue weighted by Crippen LogP contribution is -2.35. The van der Waals surface area contributed by atoms with E-state index in [1.807, 2.05) is 37.8 Å². The number of ether oxygens (including phenoxy) is 1. The van der Waals surface area contributed by atoms with Crippen LogP contribution in [0.15, 0.2) is 96.1 Å². The Morgan fingerprint density at radius 1 is 0.688 bits per heavy atom. The normalized spacial score (nSPS) is 20.8. The second kappa shape index (κ2) is 6.70. The van der Waals surface area contributed by atoms with Crippen molar-refractivity contribution in [1.29, 1.82) is 0 Å². The molecule has 3 aromatic rings. The van der Waals surface area contributed by atoms with Crippen LogP contribution in [-0.4, -0.2) is 16.6 Å². The molecule has 2 aliphatic heterocycles. The smallest absolute Gasteiger partial charge is 0.411 e. The van der Waals surface area contributed by atoms with Gasteiger partial charge in [-0.1, -0.05) is 84.9 Å². The van der Waals surface area contributed by atoms with Crippen molar-refractivity contribution < 1.29 is 9.53 Å². The number of fused-ring (bicyclic) bond motifs is 7. The Morgan fingerprint density at radius 2 is 1.09 bits per heavy atom.